The molecular weight excluding hydrogens is 365 g/mol. The quantitative estimate of drug-likeness (QED) is 0.881. The Morgan fingerprint density at radius 3 is 2.71 bits per heavy atom. The number of aromatic nitrogens is 1. The number of likely N-dealkylation sites (N-methyl/N-ethyl adjacent to an activating group) is 1. The summed E-state index contributed by atoms with van der Waals surface area (Å²) in [6, 6.07) is 6.90. The van der Waals surface area contributed by atoms with Crippen LogP contribution in [0.15, 0.2) is 24.3 Å². The number of halogens is 4. The number of carbonyl (C=O) groups is 1. The van der Waals surface area contributed by atoms with Crippen LogP contribution in [-0.4, -0.2) is 46.8 Å². The number of amides is 1. The standard InChI is InChI=1S/C15H14ClF3N2O2S/c1-8-12(14(23)21(2)7-11(22)15(17,18)19)24-13(20-8)9-4-3-5-10(16)6-9/h3-6,11,22H,7H2,1-2H3/t11-/m0/s1. The Morgan fingerprint density at radius 2 is 2.12 bits per heavy atom. The van der Waals surface area contributed by atoms with E-state index in [1.165, 1.54) is 7.05 Å². The van der Waals surface area contributed by atoms with E-state index in [-0.39, 0.29) is 4.88 Å². The van der Waals surface area contributed by atoms with Crippen LogP contribution in [0, 0.1) is 6.92 Å². The molecule has 1 N–H and O–H groups in total. The lowest BCUT2D eigenvalue weighted by Crippen LogP contribution is -2.41. The Bertz CT molecular complexity index is 749. The molecule has 0 aliphatic heterocycles. The van der Waals surface area contributed by atoms with Crippen molar-refractivity contribution in [1.82, 2.24) is 9.88 Å². The van der Waals surface area contributed by atoms with Crippen LogP contribution in [0.2, 0.25) is 5.02 Å². The van der Waals surface area contributed by atoms with Crippen LogP contribution in [0.4, 0.5) is 13.2 Å². The van der Waals surface area contributed by atoms with E-state index in [9.17, 15) is 18.0 Å². The number of aryl methyl sites for hydroxylation is 1. The average Bonchev–Trinajstić information content (AvgIpc) is 2.87. The van der Waals surface area contributed by atoms with Gasteiger partial charge in [-0.05, 0) is 19.1 Å². The molecule has 1 aromatic heterocycles. The number of thiazole rings is 1. The molecule has 1 atom stereocenters. The van der Waals surface area contributed by atoms with Gasteiger partial charge < -0.3 is 10.0 Å². The molecule has 0 aliphatic carbocycles. The molecule has 2 rings (SSSR count). The Hall–Kier alpha value is -1.64. The summed E-state index contributed by atoms with van der Waals surface area (Å²) in [7, 11) is 1.20. The molecular formula is C15H14ClF3N2O2S. The van der Waals surface area contributed by atoms with Crippen LogP contribution < -0.4 is 0 Å². The fourth-order valence-corrected chi connectivity index (χ4v) is 3.21. The second-order valence-corrected chi connectivity index (χ2v) is 6.62. The van der Waals surface area contributed by atoms with Gasteiger partial charge >= 0.3 is 6.18 Å². The van der Waals surface area contributed by atoms with Gasteiger partial charge in [-0.1, -0.05) is 23.7 Å². The van der Waals surface area contributed by atoms with Crippen molar-refractivity contribution in [2.45, 2.75) is 19.2 Å². The zero-order valence-electron chi connectivity index (χ0n) is 12.8. The molecule has 0 unspecified atom stereocenters. The van der Waals surface area contributed by atoms with Crippen LogP contribution in [0.25, 0.3) is 10.6 Å². The molecule has 9 heteroatoms. The van der Waals surface area contributed by atoms with Crippen molar-refractivity contribution in [3.05, 3.63) is 39.9 Å². The lowest BCUT2D eigenvalue weighted by molar-refractivity contribution is -0.205. The van der Waals surface area contributed by atoms with Gasteiger partial charge in [0.05, 0.1) is 12.2 Å². The summed E-state index contributed by atoms with van der Waals surface area (Å²) in [6.45, 7) is 0.762. The maximum absolute atomic E-state index is 12.4. The number of aliphatic hydroxyl groups is 1. The molecule has 0 saturated carbocycles. The van der Waals surface area contributed by atoms with Gasteiger partial charge in [-0.15, -0.1) is 11.3 Å². The van der Waals surface area contributed by atoms with Crippen molar-refractivity contribution >= 4 is 28.8 Å². The highest BCUT2D eigenvalue weighted by Crippen LogP contribution is 2.30. The average molecular weight is 379 g/mol. The van der Waals surface area contributed by atoms with E-state index in [1.54, 1.807) is 31.2 Å². The van der Waals surface area contributed by atoms with Crippen LogP contribution in [-0.2, 0) is 0 Å². The smallest absolute Gasteiger partial charge is 0.382 e. The number of aliphatic hydroxyl groups excluding tert-OH is 1. The molecule has 0 saturated heterocycles. The van der Waals surface area contributed by atoms with E-state index in [1.807, 2.05) is 0 Å². The lowest BCUT2D eigenvalue weighted by Gasteiger charge is -2.22. The molecule has 1 amide bonds. The predicted octanol–water partition coefficient (Wildman–Crippen LogP) is 3.77. The molecule has 2 aromatic rings. The lowest BCUT2D eigenvalue weighted by atomic mass is 10.2. The van der Waals surface area contributed by atoms with Gasteiger partial charge in [-0.25, -0.2) is 4.98 Å². The highest BCUT2D eigenvalue weighted by molar-refractivity contribution is 7.17. The normalized spacial score (nSPS) is 13.0. The first-order valence-electron chi connectivity index (χ1n) is 6.83. The highest BCUT2D eigenvalue weighted by atomic mass is 35.5. The van der Waals surface area contributed by atoms with Gasteiger partial charge in [0, 0.05) is 17.6 Å². The van der Waals surface area contributed by atoms with E-state index in [2.05, 4.69) is 4.98 Å². The Kier molecular flexibility index (Phi) is 5.52. The molecule has 24 heavy (non-hydrogen) atoms. The first-order chi connectivity index (χ1) is 11.1. The number of alkyl halides is 3. The van der Waals surface area contributed by atoms with Gasteiger partial charge in [0.15, 0.2) is 6.10 Å². The van der Waals surface area contributed by atoms with Gasteiger partial charge in [0.1, 0.15) is 9.88 Å². The fraction of sp³-hybridized carbons (Fsp3) is 0.333. The number of carbonyl (C=O) groups excluding carboxylic acids is 1. The van der Waals surface area contributed by atoms with Crippen molar-refractivity contribution < 1.29 is 23.1 Å². The van der Waals surface area contributed by atoms with Crippen LogP contribution in [0.1, 0.15) is 15.4 Å². The maximum Gasteiger partial charge on any atom is 0.416 e. The SMILES string of the molecule is Cc1nc(-c2cccc(Cl)c2)sc1C(=O)N(C)C[C@H](O)C(F)(F)F. The van der Waals surface area contributed by atoms with Crippen molar-refractivity contribution in [3.8, 4) is 10.6 Å². The van der Waals surface area contributed by atoms with Crippen molar-refractivity contribution in [2.24, 2.45) is 0 Å². The van der Waals surface area contributed by atoms with E-state index in [0.717, 1.165) is 16.2 Å². The van der Waals surface area contributed by atoms with Gasteiger partial charge in [0.2, 0.25) is 0 Å². The van der Waals surface area contributed by atoms with E-state index in [0.29, 0.717) is 21.3 Å². The monoisotopic (exact) mass is 378 g/mol. The molecule has 1 heterocycles. The molecule has 0 aliphatic rings. The van der Waals surface area contributed by atoms with Crippen LogP contribution >= 0.6 is 22.9 Å². The highest BCUT2D eigenvalue weighted by Gasteiger charge is 2.39. The second kappa shape index (κ2) is 7.08. The summed E-state index contributed by atoms with van der Waals surface area (Å²) in [5.74, 6) is -0.624. The number of hydrogen-bond donors (Lipinski definition) is 1. The number of nitrogens with zero attached hydrogens (tertiary/aromatic N) is 2. The zero-order valence-corrected chi connectivity index (χ0v) is 14.3. The van der Waals surface area contributed by atoms with E-state index < -0.39 is 24.7 Å². The van der Waals surface area contributed by atoms with Crippen molar-refractivity contribution in [1.29, 1.82) is 0 Å². The van der Waals surface area contributed by atoms with E-state index in [4.69, 9.17) is 16.7 Å². The molecule has 1 aromatic carbocycles. The van der Waals surface area contributed by atoms with Gasteiger partial charge in [0.25, 0.3) is 5.91 Å². The number of benzene rings is 1. The van der Waals surface area contributed by atoms with Gasteiger partial charge in [-0.3, -0.25) is 4.79 Å². The van der Waals surface area contributed by atoms with Crippen molar-refractivity contribution in [2.75, 3.05) is 13.6 Å². The Morgan fingerprint density at radius 1 is 1.46 bits per heavy atom. The van der Waals surface area contributed by atoms with E-state index >= 15 is 0 Å². The number of rotatable bonds is 4. The summed E-state index contributed by atoms with van der Waals surface area (Å²) in [5, 5.41) is 10.1. The molecule has 0 fully saturated rings. The molecule has 0 radical (unpaired) electrons. The largest absolute Gasteiger partial charge is 0.416 e. The third kappa shape index (κ3) is 4.25. The molecule has 0 bridgehead atoms. The Labute approximate surface area is 145 Å². The summed E-state index contributed by atoms with van der Waals surface area (Å²) < 4.78 is 37.2. The Balaban J connectivity index is 2.22. The first kappa shape index (κ1) is 18.7. The topological polar surface area (TPSA) is 53.4 Å². The van der Waals surface area contributed by atoms with Crippen LogP contribution in [0.3, 0.4) is 0 Å². The zero-order chi connectivity index (χ0) is 18.1. The fourth-order valence-electron chi connectivity index (χ4n) is 1.96. The minimum Gasteiger partial charge on any atom is -0.382 e. The number of hydrogen-bond acceptors (Lipinski definition) is 4. The molecule has 0 spiro atoms. The minimum absolute atomic E-state index is 0.224. The first-order valence-corrected chi connectivity index (χ1v) is 8.02. The third-order valence-electron chi connectivity index (χ3n) is 3.23. The summed E-state index contributed by atoms with van der Waals surface area (Å²) in [4.78, 5) is 17.7. The van der Waals surface area contributed by atoms with Crippen LogP contribution in [0.5, 0.6) is 0 Å². The van der Waals surface area contributed by atoms with Gasteiger partial charge in [-0.2, -0.15) is 13.2 Å². The summed E-state index contributed by atoms with van der Waals surface area (Å²) in [5.41, 5.74) is 1.13. The summed E-state index contributed by atoms with van der Waals surface area (Å²) >= 11 is 6.99. The van der Waals surface area contributed by atoms with Crippen molar-refractivity contribution in [3.63, 3.8) is 0 Å². The second-order valence-electron chi connectivity index (χ2n) is 5.19. The molecule has 4 nitrogen and oxygen atoms in total. The maximum atomic E-state index is 12.4. The predicted molar refractivity (Wildman–Crippen MR) is 86.3 cm³/mol. The molecule has 130 valence electrons. The minimum atomic E-state index is -4.77. The third-order valence-corrected chi connectivity index (χ3v) is 4.66. The summed E-state index contributed by atoms with van der Waals surface area (Å²) in [6.07, 6.45) is -7.37.